The normalized spacial score (nSPS) is 13.3. The fraction of sp³-hybridized carbons (Fsp3) is 0.529. The van der Waals surface area contributed by atoms with E-state index in [0.717, 1.165) is 18.4 Å². The van der Waals surface area contributed by atoms with Crippen LogP contribution in [0.2, 0.25) is 5.02 Å². The van der Waals surface area contributed by atoms with Crippen LogP contribution >= 0.6 is 11.6 Å². The first-order valence-electron chi connectivity index (χ1n) is 7.58. The van der Waals surface area contributed by atoms with Crippen LogP contribution in [0.3, 0.4) is 0 Å². The lowest BCUT2D eigenvalue weighted by Gasteiger charge is -2.20. The van der Waals surface area contributed by atoms with Crippen LogP contribution in [0.15, 0.2) is 24.3 Å². The molecule has 0 spiro atoms. The van der Waals surface area contributed by atoms with Gasteiger partial charge in [0.15, 0.2) is 0 Å². The molecule has 5 heteroatoms. The summed E-state index contributed by atoms with van der Waals surface area (Å²) in [5.74, 6) is -0.142. The molecule has 1 N–H and O–H groups in total. The molecule has 0 bridgehead atoms. The van der Waals surface area contributed by atoms with Gasteiger partial charge >= 0.3 is 5.97 Å². The first-order chi connectivity index (χ1) is 10.5. The fourth-order valence-electron chi connectivity index (χ4n) is 2.41. The third-order valence-corrected chi connectivity index (χ3v) is 3.87. The molecule has 0 saturated heterocycles. The summed E-state index contributed by atoms with van der Waals surface area (Å²) in [4.78, 5) is 23.8. The largest absolute Gasteiger partial charge is 0.469 e. The first kappa shape index (κ1) is 18.5. The summed E-state index contributed by atoms with van der Waals surface area (Å²) in [6, 6.07) is 6.73. The third kappa shape index (κ3) is 6.06. The van der Waals surface area contributed by atoms with Gasteiger partial charge in [0.05, 0.1) is 19.6 Å². The van der Waals surface area contributed by atoms with Gasteiger partial charge in [-0.3, -0.25) is 9.59 Å². The molecule has 0 heterocycles. The van der Waals surface area contributed by atoms with E-state index in [1.54, 1.807) is 6.07 Å². The van der Waals surface area contributed by atoms with Crippen LogP contribution in [0, 0.1) is 5.92 Å². The minimum atomic E-state index is -0.470. The number of benzene rings is 1. The molecular weight excluding hydrogens is 302 g/mol. The molecule has 0 aromatic heterocycles. The predicted molar refractivity (Wildman–Crippen MR) is 87.7 cm³/mol. The van der Waals surface area contributed by atoms with Crippen LogP contribution in [0.1, 0.15) is 51.1 Å². The Morgan fingerprint density at radius 2 is 1.95 bits per heavy atom. The molecule has 1 rings (SSSR count). The highest BCUT2D eigenvalue weighted by Gasteiger charge is 2.21. The summed E-state index contributed by atoms with van der Waals surface area (Å²) >= 11 is 6.18. The zero-order valence-corrected chi connectivity index (χ0v) is 14.2. The maximum absolute atomic E-state index is 12.2. The van der Waals surface area contributed by atoms with Gasteiger partial charge in [0.1, 0.15) is 0 Å². The van der Waals surface area contributed by atoms with Crippen LogP contribution in [0.5, 0.6) is 0 Å². The standard InChI is InChI=1S/C17H24ClNO3/c1-4-7-12(2)10-16(20)19-15(11-17(21)22-3)13-8-5-6-9-14(13)18/h5-6,8-9,12,15H,4,7,10-11H2,1-3H3,(H,19,20). The average Bonchev–Trinajstić information content (AvgIpc) is 2.47. The number of halogens is 1. The van der Waals surface area contributed by atoms with Gasteiger partial charge in [0.2, 0.25) is 5.91 Å². The number of ether oxygens (including phenoxy) is 1. The van der Waals surface area contributed by atoms with Gasteiger partial charge in [-0.2, -0.15) is 0 Å². The van der Waals surface area contributed by atoms with Gasteiger partial charge in [-0.15, -0.1) is 0 Å². The number of rotatable bonds is 8. The number of methoxy groups -OCH3 is 1. The van der Waals surface area contributed by atoms with E-state index in [9.17, 15) is 9.59 Å². The van der Waals surface area contributed by atoms with Crippen molar-refractivity contribution in [1.82, 2.24) is 5.32 Å². The molecular formula is C17H24ClNO3. The number of esters is 1. The summed E-state index contributed by atoms with van der Waals surface area (Å²) in [6.45, 7) is 4.14. The Balaban J connectivity index is 2.81. The van der Waals surface area contributed by atoms with Crippen LogP contribution in [-0.2, 0) is 14.3 Å². The summed E-state index contributed by atoms with van der Waals surface area (Å²) in [7, 11) is 1.33. The van der Waals surface area contributed by atoms with Crippen molar-refractivity contribution in [1.29, 1.82) is 0 Å². The molecule has 0 aliphatic heterocycles. The van der Waals surface area contributed by atoms with Crippen molar-refractivity contribution in [3.63, 3.8) is 0 Å². The lowest BCUT2D eigenvalue weighted by atomic mass is 10.00. The van der Waals surface area contributed by atoms with Crippen LogP contribution in [0.25, 0.3) is 0 Å². The number of hydrogen-bond acceptors (Lipinski definition) is 3. The smallest absolute Gasteiger partial charge is 0.307 e. The molecule has 1 aromatic rings. The van der Waals surface area contributed by atoms with Crippen LogP contribution in [-0.4, -0.2) is 19.0 Å². The molecule has 2 unspecified atom stereocenters. The van der Waals surface area contributed by atoms with Crippen molar-refractivity contribution >= 4 is 23.5 Å². The number of amides is 1. The number of carbonyl (C=O) groups excluding carboxylic acids is 2. The molecule has 0 radical (unpaired) electrons. The molecule has 22 heavy (non-hydrogen) atoms. The van der Waals surface area contributed by atoms with E-state index < -0.39 is 6.04 Å². The summed E-state index contributed by atoms with van der Waals surface area (Å²) in [6.07, 6.45) is 2.55. The quantitative estimate of drug-likeness (QED) is 0.738. The maximum Gasteiger partial charge on any atom is 0.307 e. The number of hydrogen-bond donors (Lipinski definition) is 1. The highest BCUT2D eigenvalue weighted by atomic mass is 35.5. The molecule has 0 aliphatic carbocycles. The summed E-state index contributed by atoms with van der Waals surface area (Å²) in [5.41, 5.74) is 0.728. The van der Waals surface area contributed by atoms with Crippen molar-refractivity contribution in [3.8, 4) is 0 Å². The van der Waals surface area contributed by atoms with Gasteiger partial charge in [-0.1, -0.05) is 56.5 Å². The molecule has 0 saturated carbocycles. The SMILES string of the molecule is CCCC(C)CC(=O)NC(CC(=O)OC)c1ccccc1Cl. The molecule has 1 aromatic carbocycles. The van der Waals surface area contributed by atoms with Crippen molar-refractivity contribution < 1.29 is 14.3 Å². The predicted octanol–water partition coefficient (Wildman–Crippen LogP) is 3.89. The van der Waals surface area contributed by atoms with E-state index in [-0.39, 0.29) is 18.3 Å². The molecule has 0 fully saturated rings. The van der Waals surface area contributed by atoms with Gasteiger partial charge in [0.25, 0.3) is 0 Å². The van der Waals surface area contributed by atoms with Crippen molar-refractivity contribution in [3.05, 3.63) is 34.9 Å². The fourth-order valence-corrected chi connectivity index (χ4v) is 2.68. The lowest BCUT2D eigenvalue weighted by Crippen LogP contribution is -2.31. The summed E-state index contributed by atoms with van der Waals surface area (Å²) < 4.78 is 4.71. The Kier molecular flexibility index (Phi) is 7.96. The molecule has 1 amide bonds. The Hall–Kier alpha value is -1.55. The topological polar surface area (TPSA) is 55.4 Å². The van der Waals surface area contributed by atoms with Gasteiger partial charge in [-0.25, -0.2) is 0 Å². The van der Waals surface area contributed by atoms with Crippen LogP contribution < -0.4 is 5.32 Å². The van der Waals surface area contributed by atoms with E-state index in [1.807, 2.05) is 25.1 Å². The Morgan fingerprint density at radius 1 is 1.27 bits per heavy atom. The van der Waals surface area contributed by atoms with E-state index in [2.05, 4.69) is 12.2 Å². The molecule has 122 valence electrons. The minimum absolute atomic E-state index is 0.0636. The average molecular weight is 326 g/mol. The second kappa shape index (κ2) is 9.46. The molecule has 0 aliphatic rings. The van der Waals surface area contributed by atoms with E-state index >= 15 is 0 Å². The maximum atomic E-state index is 12.2. The monoisotopic (exact) mass is 325 g/mol. The van der Waals surface area contributed by atoms with Crippen molar-refractivity contribution in [2.45, 2.75) is 45.6 Å². The first-order valence-corrected chi connectivity index (χ1v) is 7.96. The highest BCUT2D eigenvalue weighted by molar-refractivity contribution is 6.31. The number of carbonyl (C=O) groups is 2. The molecule has 2 atom stereocenters. The van der Waals surface area contributed by atoms with Crippen LogP contribution in [0.4, 0.5) is 0 Å². The van der Waals surface area contributed by atoms with E-state index in [0.29, 0.717) is 17.4 Å². The minimum Gasteiger partial charge on any atom is -0.469 e. The van der Waals surface area contributed by atoms with Gasteiger partial charge < -0.3 is 10.1 Å². The van der Waals surface area contributed by atoms with Crippen molar-refractivity contribution in [2.24, 2.45) is 5.92 Å². The van der Waals surface area contributed by atoms with Gasteiger partial charge in [0, 0.05) is 11.4 Å². The summed E-state index contributed by atoms with van der Waals surface area (Å²) in [5, 5.41) is 3.43. The zero-order chi connectivity index (χ0) is 16.5. The zero-order valence-electron chi connectivity index (χ0n) is 13.4. The van der Waals surface area contributed by atoms with E-state index in [4.69, 9.17) is 16.3 Å². The van der Waals surface area contributed by atoms with E-state index in [1.165, 1.54) is 7.11 Å². The second-order valence-electron chi connectivity index (χ2n) is 5.52. The second-order valence-corrected chi connectivity index (χ2v) is 5.93. The highest BCUT2D eigenvalue weighted by Crippen LogP contribution is 2.26. The Morgan fingerprint density at radius 3 is 2.55 bits per heavy atom. The van der Waals surface area contributed by atoms with Crippen molar-refractivity contribution in [2.75, 3.05) is 7.11 Å². The lowest BCUT2D eigenvalue weighted by molar-refractivity contribution is -0.141. The molecule has 4 nitrogen and oxygen atoms in total. The number of nitrogens with one attached hydrogen (secondary N) is 1. The Labute approximate surface area is 137 Å². The third-order valence-electron chi connectivity index (χ3n) is 3.53. The van der Waals surface area contributed by atoms with Gasteiger partial charge in [-0.05, 0) is 17.5 Å². The Bertz CT molecular complexity index is 504.